The predicted octanol–water partition coefficient (Wildman–Crippen LogP) is 4.14. The fourth-order valence-corrected chi connectivity index (χ4v) is 7.40. The van der Waals surface area contributed by atoms with E-state index in [1.54, 1.807) is 6.07 Å². The summed E-state index contributed by atoms with van der Waals surface area (Å²) in [7, 11) is 0. The molecule has 24 heavy (non-hydrogen) atoms. The van der Waals surface area contributed by atoms with Gasteiger partial charge in [-0.1, -0.05) is 19.9 Å². The Balaban J connectivity index is 1.91. The van der Waals surface area contributed by atoms with Crippen molar-refractivity contribution >= 4 is 6.29 Å². The summed E-state index contributed by atoms with van der Waals surface area (Å²) in [5, 5.41) is 10.2. The highest BCUT2D eigenvalue weighted by Crippen LogP contribution is 2.85. The highest BCUT2D eigenvalue weighted by molar-refractivity contribution is 5.76. The third kappa shape index (κ3) is 1.16. The minimum absolute atomic E-state index is 0.0385. The average Bonchev–Trinajstić information content (AvgIpc) is 2.83. The smallest absolute Gasteiger partial charge is 0.145 e. The quantitative estimate of drug-likeness (QED) is 0.790. The van der Waals surface area contributed by atoms with Crippen LogP contribution in [-0.2, 0) is 10.2 Å². The van der Waals surface area contributed by atoms with E-state index in [2.05, 4.69) is 26.8 Å². The van der Waals surface area contributed by atoms with Gasteiger partial charge in [0.05, 0.1) is 0 Å². The van der Waals surface area contributed by atoms with Crippen molar-refractivity contribution in [2.45, 2.75) is 57.5 Å². The Bertz CT molecular complexity index is 807. The number of carbonyl (C=O) groups excluding carboxylic acids is 1. The van der Waals surface area contributed by atoms with Crippen molar-refractivity contribution < 1.29 is 14.6 Å². The number of phenols is 1. The number of fused-ring (bicyclic) bond motifs is 1. The van der Waals surface area contributed by atoms with E-state index in [4.69, 9.17) is 4.74 Å². The molecule has 3 nitrogen and oxygen atoms in total. The molecule has 5 rings (SSSR count). The van der Waals surface area contributed by atoms with Crippen LogP contribution in [0.15, 0.2) is 29.8 Å². The largest absolute Gasteiger partial charge is 0.508 e. The van der Waals surface area contributed by atoms with E-state index in [-0.39, 0.29) is 27.6 Å². The maximum Gasteiger partial charge on any atom is 0.145 e. The van der Waals surface area contributed by atoms with Gasteiger partial charge in [0.15, 0.2) is 0 Å². The first-order valence-electron chi connectivity index (χ1n) is 9.02. The van der Waals surface area contributed by atoms with Crippen LogP contribution in [0.5, 0.6) is 11.5 Å². The van der Waals surface area contributed by atoms with Crippen molar-refractivity contribution in [3.05, 3.63) is 35.4 Å². The van der Waals surface area contributed by atoms with Crippen molar-refractivity contribution in [1.29, 1.82) is 0 Å². The second kappa shape index (κ2) is 3.89. The van der Waals surface area contributed by atoms with E-state index in [0.717, 1.165) is 42.4 Å². The van der Waals surface area contributed by atoms with E-state index >= 15 is 0 Å². The number of hydrogen-bond acceptors (Lipinski definition) is 3. The number of carbonyl (C=O) groups is 1. The van der Waals surface area contributed by atoms with E-state index in [0.29, 0.717) is 5.92 Å². The summed E-state index contributed by atoms with van der Waals surface area (Å²) in [6, 6.07) is 5.48. The maximum atomic E-state index is 11.6. The van der Waals surface area contributed by atoms with Crippen molar-refractivity contribution in [2.24, 2.45) is 16.7 Å². The van der Waals surface area contributed by atoms with Gasteiger partial charge in [0.25, 0.3) is 0 Å². The Labute approximate surface area is 142 Å². The number of phenolic OH excluding ortho intramolecular Hbond substituents is 1. The fraction of sp³-hybridized carbons (Fsp3) is 0.571. The lowest BCUT2D eigenvalue weighted by atomic mass is 9.26. The van der Waals surface area contributed by atoms with Crippen LogP contribution in [-0.4, -0.2) is 17.0 Å². The first-order valence-corrected chi connectivity index (χ1v) is 9.02. The molecule has 126 valence electrons. The van der Waals surface area contributed by atoms with E-state index in [1.165, 1.54) is 6.42 Å². The minimum atomic E-state index is -0.225. The lowest BCUT2D eigenvalue weighted by Gasteiger charge is -2.78. The lowest BCUT2D eigenvalue weighted by molar-refractivity contribution is -0.252. The van der Waals surface area contributed by atoms with Gasteiger partial charge >= 0.3 is 0 Å². The lowest BCUT2D eigenvalue weighted by Crippen LogP contribution is -2.79. The summed E-state index contributed by atoms with van der Waals surface area (Å²) < 4.78 is 6.59. The topological polar surface area (TPSA) is 46.5 Å². The maximum absolute atomic E-state index is 11.6. The number of aromatic hydroxyl groups is 1. The normalized spacial score (nSPS) is 43.5. The van der Waals surface area contributed by atoms with Crippen molar-refractivity contribution in [3.63, 3.8) is 0 Å². The molecule has 4 atom stereocenters. The van der Waals surface area contributed by atoms with Crippen molar-refractivity contribution in [2.75, 3.05) is 0 Å². The van der Waals surface area contributed by atoms with Gasteiger partial charge in [-0.25, -0.2) is 0 Å². The second-order valence-corrected chi connectivity index (χ2v) is 8.94. The zero-order chi connectivity index (χ0) is 17.0. The molecular weight excluding hydrogens is 300 g/mol. The molecule has 3 aliphatic carbocycles. The van der Waals surface area contributed by atoms with Gasteiger partial charge in [0.1, 0.15) is 23.4 Å². The van der Waals surface area contributed by atoms with Crippen LogP contribution in [0.3, 0.4) is 0 Å². The molecule has 1 N–H and O–H groups in total. The molecule has 1 aliphatic heterocycles. The molecule has 2 saturated carbocycles. The molecule has 1 heterocycles. The van der Waals surface area contributed by atoms with Crippen LogP contribution in [0.1, 0.15) is 52.0 Å². The van der Waals surface area contributed by atoms with Crippen molar-refractivity contribution in [1.82, 2.24) is 0 Å². The Kier molecular flexibility index (Phi) is 2.36. The molecule has 1 aromatic carbocycles. The molecule has 0 aromatic heterocycles. The summed E-state index contributed by atoms with van der Waals surface area (Å²) in [5.41, 5.74) is 1.64. The Hall–Kier alpha value is -1.77. The number of rotatable bonds is 1. The number of benzene rings is 1. The first kappa shape index (κ1) is 14.6. The molecule has 0 bridgehead atoms. The summed E-state index contributed by atoms with van der Waals surface area (Å²) in [5.74, 6) is 1.74. The summed E-state index contributed by atoms with van der Waals surface area (Å²) in [6.07, 6.45) is 7.34. The van der Waals surface area contributed by atoms with Gasteiger partial charge in [-0.05, 0) is 67.7 Å². The molecule has 3 heteroatoms. The monoisotopic (exact) mass is 324 g/mol. The average molecular weight is 324 g/mol. The van der Waals surface area contributed by atoms with Crippen LogP contribution in [0, 0.1) is 16.7 Å². The van der Waals surface area contributed by atoms with Crippen LogP contribution >= 0.6 is 0 Å². The molecule has 4 aliphatic rings. The summed E-state index contributed by atoms with van der Waals surface area (Å²) >= 11 is 0. The zero-order valence-corrected chi connectivity index (χ0v) is 14.6. The number of hydrogen-bond donors (Lipinski definition) is 1. The van der Waals surface area contributed by atoms with E-state index < -0.39 is 0 Å². The zero-order valence-electron chi connectivity index (χ0n) is 14.6. The van der Waals surface area contributed by atoms with Crippen LogP contribution in [0.25, 0.3) is 0 Å². The number of ether oxygens (including phenoxy) is 1. The van der Waals surface area contributed by atoms with Gasteiger partial charge in [-0.3, -0.25) is 4.79 Å². The first-order chi connectivity index (χ1) is 11.3. The van der Waals surface area contributed by atoms with Gasteiger partial charge in [0.2, 0.25) is 0 Å². The molecule has 2 fully saturated rings. The standard InChI is InChI=1S/C21H24O3/c1-18(2)17-7-8-19(3)20(17)9-6-13(12-22)11-21(18,20)15-10-14(23)4-5-16(15)24-19/h4-5,10-12,17,23H,6-9H2,1-3H3/t17-,19-,20+,21+/m1/s1. The third-order valence-corrected chi connectivity index (χ3v) is 8.12. The van der Waals surface area contributed by atoms with Gasteiger partial charge in [-0.15, -0.1) is 0 Å². The highest BCUT2D eigenvalue weighted by atomic mass is 16.5. The summed E-state index contributed by atoms with van der Waals surface area (Å²) in [4.78, 5) is 11.6. The Morgan fingerprint density at radius 3 is 2.79 bits per heavy atom. The molecule has 1 spiro atoms. The Morgan fingerprint density at radius 1 is 1.25 bits per heavy atom. The Morgan fingerprint density at radius 2 is 2.04 bits per heavy atom. The van der Waals surface area contributed by atoms with Crippen molar-refractivity contribution in [3.8, 4) is 11.5 Å². The van der Waals surface area contributed by atoms with Crippen LogP contribution in [0.2, 0.25) is 0 Å². The molecule has 1 aromatic rings. The molecule has 0 amide bonds. The van der Waals surface area contributed by atoms with Crippen LogP contribution in [0.4, 0.5) is 0 Å². The second-order valence-electron chi connectivity index (χ2n) is 8.94. The van der Waals surface area contributed by atoms with Gasteiger partial charge < -0.3 is 9.84 Å². The molecular formula is C21H24O3. The minimum Gasteiger partial charge on any atom is -0.508 e. The highest BCUT2D eigenvalue weighted by Gasteiger charge is 2.85. The number of allylic oxidation sites excluding steroid dienone is 2. The van der Waals surface area contributed by atoms with Crippen LogP contribution < -0.4 is 4.74 Å². The SMILES string of the molecule is CC1(C)[C@H]2CC[C@@]3(C)Oc4ccc(O)cc4[C@@]14C=C(C=O)CC[C@]234. The van der Waals surface area contributed by atoms with E-state index in [1.807, 2.05) is 12.1 Å². The molecule has 0 unspecified atom stereocenters. The summed E-state index contributed by atoms with van der Waals surface area (Å²) in [6.45, 7) is 6.95. The predicted molar refractivity (Wildman–Crippen MR) is 91.1 cm³/mol. The van der Waals surface area contributed by atoms with Gasteiger partial charge in [0, 0.05) is 16.4 Å². The third-order valence-electron chi connectivity index (χ3n) is 8.12. The van der Waals surface area contributed by atoms with E-state index in [9.17, 15) is 9.90 Å². The molecule has 0 radical (unpaired) electrons. The van der Waals surface area contributed by atoms with Gasteiger partial charge in [-0.2, -0.15) is 0 Å². The fourth-order valence-electron chi connectivity index (χ4n) is 7.40. The molecule has 0 saturated heterocycles. The number of aldehydes is 1.